The summed E-state index contributed by atoms with van der Waals surface area (Å²) in [6.07, 6.45) is 2.42. The van der Waals surface area contributed by atoms with Gasteiger partial charge in [0, 0.05) is 19.1 Å². The molecule has 2 rings (SSSR count). The Hall–Kier alpha value is -1.35. The third kappa shape index (κ3) is 3.57. The molecule has 1 aromatic rings. The minimum absolute atomic E-state index is 0.0684. The molecule has 0 radical (unpaired) electrons. The van der Waals surface area contributed by atoms with Gasteiger partial charge in [-0.15, -0.1) is 0 Å². The molecular weight excluding hydrogens is 224 g/mol. The fourth-order valence-corrected chi connectivity index (χ4v) is 2.10. The summed E-state index contributed by atoms with van der Waals surface area (Å²) >= 11 is 0. The number of likely N-dealkylation sites (N-methyl/N-ethyl adjacent to an activating group) is 1. The van der Waals surface area contributed by atoms with Gasteiger partial charge in [0.2, 0.25) is 5.91 Å². The molecule has 3 heteroatoms. The fourth-order valence-electron chi connectivity index (χ4n) is 2.10. The summed E-state index contributed by atoms with van der Waals surface area (Å²) in [7, 11) is 0. The maximum Gasteiger partial charge on any atom is 0.239 e. The molecule has 0 bridgehead atoms. The van der Waals surface area contributed by atoms with Gasteiger partial charge >= 0.3 is 0 Å². The van der Waals surface area contributed by atoms with Crippen molar-refractivity contribution >= 4 is 5.91 Å². The molecule has 0 aliphatic heterocycles. The van der Waals surface area contributed by atoms with Crippen LogP contribution in [0.25, 0.3) is 0 Å². The number of nitrogens with one attached hydrogen (secondary N) is 1. The average Bonchev–Trinajstić information content (AvgIpc) is 3.20. The van der Waals surface area contributed by atoms with Gasteiger partial charge in [-0.05, 0) is 32.3 Å². The van der Waals surface area contributed by atoms with E-state index in [1.807, 2.05) is 36.9 Å². The van der Waals surface area contributed by atoms with Gasteiger partial charge < -0.3 is 10.2 Å². The van der Waals surface area contributed by atoms with Gasteiger partial charge in [-0.2, -0.15) is 0 Å². The average molecular weight is 246 g/mol. The van der Waals surface area contributed by atoms with Crippen LogP contribution < -0.4 is 5.32 Å². The summed E-state index contributed by atoms with van der Waals surface area (Å²) in [6.45, 7) is 5.45. The first-order valence-corrected chi connectivity index (χ1v) is 6.79. The quantitative estimate of drug-likeness (QED) is 0.834. The van der Waals surface area contributed by atoms with Crippen molar-refractivity contribution in [3.05, 3.63) is 35.9 Å². The van der Waals surface area contributed by atoms with Crippen LogP contribution in [0.15, 0.2) is 30.3 Å². The lowest BCUT2D eigenvalue weighted by Crippen LogP contribution is -2.45. The SMILES string of the molecule is CCN(Cc1ccccc1)C(=O)C(C)NC1CC1. The van der Waals surface area contributed by atoms with E-state index < -0.39 is 0 Å². The highest BCUT2D eigenvalue weighted by molar-refractivity contribution is 5.81. The van der Waals surface area contributed by atoms with Crippen LogP contribution >= 0.6 is 0 Å². The van der Waals surface area contributed by atoms with Gasteiger partial charge in [-0.3, -0.25) is 4.79 Å². The monoisotopic (exact) mass is 246 g/mol. The second-order valence-electron chi connectivity index (χ2n) is 5.00. The largest absolute Gasteiger partial charge is 0.337 e. The third-order valence-electron chi connectivity index (χ3n) is 3.34. The number of carbonyl (C=O) groups is 1. The summed E-state index contributed by atoms with van der Waals surface area (Å²) in [5.74, 6) is 0.202. The van der Waals surface area contributed by atoms with Crippen molar-refractivity contribution in [1.82, 2.24) is 10.2 Å². The van der Waals surface area contributed by atoms with Crippen LogP contribution in [0.1, 0.15) is 32.3 Å². The molecule has 0 saturated heterocycles. The van der Waals surface area contributed by atoms with E-state index in [1.165, 1.54) is 18.4 Å². The number of benzene rings is 1. The summed E-state index contributed by atoms with van der Waals surface area (Å²) in [5.41, 5.74) is 1.19. The van der Waals surface area contributed by atoms with E-state index in [1.54, 1.807) is 0 Å². The topological polar surface area (TPSA) is 32.3 Å². The number of hydrogen-bond acceptors (Lipinski definition) is 2. The number of nitrogens with zero attached hydrogens (tertiary/aromatic N) is 1. The Morgan fingerprint density at radius 2 is 2.06 bits per heavy atom. The Kier molecular flexibility index (Phi) is 4.37. The van der Waals surface area contributed by atoms with E-state index in [4.69, 9.17) is 0 Å². The summed E-state index contributed by atoms with van der Waals surface area (Å²) in [4.78, 5) is 14.2. The molecule has 0 heterocycles. The predicted octanol–water partition coefficient (Wildman–Crippen LogP) is 2.18. The molecule has 1 aliphatic carbocycles. The first-order chi connectivity index (χ1) is 8.70. The van der Waals surface area contributed by atoms with Crippen molar-refractivity contribution in [3.8, 4) is 0 Å². The van der Waals surface area contributed by atoms with E-state index in [0.29, 0.717) is 12.6 Å². The number of rotatable bonds is 6. The van der Waals surface area contributed by atoms with E-state index in [-0.39, 0.29) is 11.9 Å². The molecule has 1 saturated carbocycles. The van der Waals surface area contributed by atoms with E-state index in [9.17, 15) is 4.79 Å². The highest BCUT2D eigenvalue weighted by Crippen LogP contribution is 2.19. The van der Waals surface area contributed by atoms with Crippen molar-refractivity contribution < 1.29 is 4.79 Å². The van der Waals surface area contributed by atoms with Gasteiger partial charge in [0.05, 0.1) is 6.04 Å². The zero-order valence-electron chi connectivity index (χ0n) is 11.2. The second-order valence-corrected chi connectivity index (χ2v) is 5.00. The molecule has 3 nitrogen and oxygen atoms in total. The molecule has 0 spiro atoms. The van der Waals surface area contributed by atoms with Crippen LogP contribution in [0, 0.1) is 0 Å². The van der Waals surface area contributed by atoms with Crippen molar-refractivity contribution in [3.63, 3.8) is 0 Å². The van der Waals surface area contributed by atoms with E-state index in [0.717, 1.165) is 6.54 Å². The fraction of sp³-hybridized carbons (Fsp3) is 0.533. The minimum atomic E-state index is -0.0684. The zero-order valence-corrected chi connectivity index (χ0v) is 11.2. The lowest BCUT2D eigenvalue weighted by atomic mass is 10.2. The van der Waals surface area contributed by atoms with Gasteiger partial charge in [-0.25, -0.2) is 0 Å². The first-order valence-electron chi connectivity index (χ1n) is 6.79. The standard InChI is InChI=1S/C15H22N2O/c1-3-17(11-13-7-5-4-6-8-13)15(18)12(2)16-14-9-10-14/h4-8,12,14,16H,3,9-11H2,1-2H3. The molecule has 1 unspecified atom stereocenters. The Balaban J connectivity index is 1.92. The molecule has 1 aromatic carbocycles. The number of carbonyl (C=O) groups excluding carboxylic acids is 1. The number of amides is 1. The molecule has 1 fully saturated rings. The van der Waals surface area contributed by atoms with Crippen molar-refractivity contribution in [2.24, 2.45) is 0 Å². The Morgan fingerprint density at radius 1 is 1.39 bits per heavy atom. The molecule has 1 N–H and O–H groups in total. The minimum Gasteiger partial charge on any atom is -0.337 e. The lowest BCUT2D eigenvalue weighted by Gasteiger charge is -2.25. The Morgan fingerprint density at radius 3 is 2.61 bits per heavy atom. The summed E-state index contributed by atoms with van der Waals surface area (Å²) < 4.78 is 0. The molecule has 98 valence electrons. The molecule has 1 amide bonds. The van der Waals surface area contributed by atoms with Crippen molar-refractivity contribution in [2.45, 2.75) is 45.3 Å². The van der Waals surface area contributed by atoms with Gasteiger partial charge in [-0.1, -0.05) is 30.3 Å². The van der Waals surface area contributed by atoms with Crippen LogP contribution in [-0.4, -0.2) is 29.4 Å². The molecule has 1 atom stereocenters. The molecular formula is C15H22N2O. The maximum absolute atomic E-state index is 12.3. The lowest BCUT2D eigenvalue weighted by molar-refractivity contribution is -0.133. The van der Waals surface area contributed by atoms with Gasteiger partial charge in [0.1, 0.15) is 0 Å². The van der Waals surface area contributed by atoms with Crippen LogP contribution in [-0.2, 0) is 11.3 Å². The summed E-state index contributed by atoms with van der Waals surface area (Å²) in [6, 6.07) is 10.7. The number of hydrogen-bond donors (Lipinski definition) is 1. The normalized spacial score (nSPS) is 16.3. The highest BCUT2D eigenvalue weighted by atomic mass is 16.2. The van der Waals surface area contributed by atoms with Gasteiger partial charge in [0.15, 0.2) is 0 Å². The van der Waals surface area contributed by atoms with E-state index in [2.05, 4.69) is 17.4 Å². The van der Waals surface area contributed by atoms with Gasteiger partial charge in [0.25, 0.3) is 0 Å². The van der Waals surface area contributed by atoms with Crippen molar-refractivity contribution in [2.75, 3.05) is 6.54 Å². The van der Waals surface area contributed by atoms with Crippen LogP contribution in [0.5, 0.6) is 0 Å². The van der Waals surface area contributed by atoms with Crippen molar-refractivity contribution in [1.29, 1.82) is 0 Å². The maximum atomic E-state index is 12.3. The highest BCUT2D eigenvalue weighted by Gasteiger charge is 2.27. The van der Waals surface area contributed by atoms with Crippen LogP contribution in [0.2, 0.25) is 0 Å². The third-order valence-corrected chi connectivity index (χ3v) is 3.34. The Labute approximate surface area is 109 Å². The second kappa shape index (κ2) is 6.01. The summed E-state index contributed by atoms with van der Waals surface area (Å²) in [5, 5.41) is 3.36. The van der Waals surface area contributed by atoms with Crippen LogP contribution in [0.3, 0.4) is 0 Å². The molecule has 18 heavy (non-hydrogen) atoms. The molecule has 0 aromatic heterocycles. The smallest absolute Gasteiger partial charge is 0.239 e. The molecule has 1 aliphatic rings. The van der Waals surface area contributed by atoms with Crippen LogP contribution in [0.4, 0.5) is 0 Å². The Bertz CT molecular complexity index is 387. The predicted molar refractivity (Wildman–Crippen MR) is 73.2 cm³/mol. The van der Waals surface area contributed by atoms with E-state index >= 15 is 0 Å². The zero-order chi connectivity index (χ0) is 13.0. The first kappa shape index (κ1) is 13.1.